The van der Waals surface area contributed by atoms with Gasteiger partial charge >= 0.3 is 5.97 Å². The number of aromatic carboxylic acids is 1. The molecule has 0 aromatic heterocycles. The number of rotatable bonds is 8. The van der Waals surface area contributed by atoms with Gasteiger partial charge in [-0.1, -0.05) is 30.3 Å². The van der Waals surface area contributed by atoms with Crippen molar-refractivity contribution in [3.05, 3.63) is 89.5 Å². The average Bonchev–Trinajstić information content (AvgIpc) is 2.90. The number of thiocarbonyl (C=S) groups is 1. The molecule has 0 unspecified atom stereocenters. The zero-order valence-electron chi connectivity index (χ0n) is 20.0. The zero-order valence-corrected chi connectivity index (χ0v) is 20.8. The number of hydrogen-bond acceptors (Lipinski definition) is 7. The molecule has 1 fully saturated rings. The van der Waals surface area contributed by atoms with Crippen molar-refractivity contribution >= 4 is 58.5 Å². The van der Waals surface area contributed by atoms with E-state index in [4.69, 9.17) is 21.7 Å². The van der Waals surface area contributed by atoms with Crippen molar-refractivity contribution in [1.29, 1.82) is 0 Å². The number of carboxylic acid groups (broad SMARTS) is 1. The molecule has 10 nitrogen and oxygen atoms in total. The number of ether oxygens (including phenoxy) is 2. The van der Waals surface area contributed by atoms with E-state index >= 15 is 0 Å². The highest BCUT2D eigenvalue weighted by Gasteiger charge is 2.34. The van der Waals surface area contributed by atoms with Crippen molar-refractivity contribution in [2.75, 3.05) is 23.9 Å². The number of carbonyl (C=O) groups is 4. The van der Waals surface area contributed by atoms with Crippen molar-refractivity contribution in [3.8, 4) is 11.5 Å². The zero-order chi connectivity index (χ0) is 27.2. The average molecular weight is 532 g/mol. The Morgan fingerprint density at radius 2 is 1.79 bits per heavy atom. The van der Waals surface area contributed by atoms with E-state index in [0.29, 0.717) is 11.3 Å². The summed E-state index contributed by atoms with van der Waals surface area (Å²) < 4.78 is 11.0. The number of benzene rings is 3. The van der Waals surface area contributed by atoms with Gasteiger partial charge in [0.15, 0.2) is 23.2 Å². The number of carboxylic acids is 1. The molecule has 1 aliphatic rings. The monoisotopic (exact) mass is 531 g/mol. The molecule has 4 rings (SSSR count). The predicted octanol–water partition coefficient (Wildman–Crippen LogP) is 3.24. The van der Waals surface area contributed by atoms with E-state index in [1.165, 1.54) is 37.5 Å². The van der Waals surface area contributed by atoms with Crippen LogP contribution in [-0.2, 0) is 14.4 Å². The second kappa shape index (κ2) is 11.4. The van der Waals surface area contributed by atoms with Crippen molar-refractivity contribution < 1.29 is 33.8 Å². The highest BCUT2D eigenvalue weighted by molar-refractivity contribution is 7.80. The third kappa shape index (κ3) is 5.85. The number of para-hydroxylation sites is 1. The summed E-state index contributed by atoms with van der Waals surface area (Å²) in [6, 6.07) is 19.2. The van der Waals surface area contributed by atoms with Crippen molar-refractivity contribution in [3.63, 3.8) is 0 Å². The van der Waals surface area contributed by atoms with E-state index in [2.05, 4.69) is 10.6 Å². The van der Waals surface area contributed by atoms with Crippen molar-refractivity contribution in [2.24, 2.45) is 0 Å². The number of nitrogens with zero attached hydrogens (tertiary/aromatic N) is 1. The van der Waals surface area contributed by atoms with Gasteiger partial charge in [-0.2, -0.15) is 0 Å². The molecule has 0 atom stereocenters. The van der Waals surface area contributed by atoms with Crippen LogP contribution in [0.3, 0.4) is 0 Å². The molecule has 3 N–H and O–H groups in total. The molecule has 3 aromatic rings. The van der Waals surface area contributed by atoms with Crippen LogP contribution in [0.1, 0.15) is 15.9 Å². The lowest BCUT2D eigenvalue weighted by Crippen LogP contribution is -2.54. The Balaban J connectivity index is 1.54. The van der Waals surface area contributed by atoms with Crippen LogP contribution in [0.25, 0.3) is 6.08 Å². The van der Waals surface area contributed by atoms with Gasteiger partial charge in [-0.25, -0.2) is 4.79 Å². The van der Waals surface area contributed by atoms with E-state index in [1.807, 2.05) is 6.07 Å². The van der Waals surface area contributed by atoms with Crippen LogP contribution >= 0.6 is 12.2 Å². The smallest absolute Gasteiger partial charge is 0.335 e. The molecule has 192 valence electrons. The summed E-state index contributed by atoms with van der Waals surface area (Å²) in [7, 11) is 1.41. The highest BCUT2D eigenvalue weighted by atomic mass is 32.1. The number of amides is 3. The maximum absolute atomic E-state index is 13.2. The molecule has 1 heterocycles. The van der Waals surface area contributed by atoms with Crippen LogP contribution in [0.4, 0.5) is 11.4 Å². The largest absolute Gasteiger partial charge is 0.493 e. The minimum atomic E-state index is -1.17. The van der Waals surface area contributed by atoms with Crippen LogP contribution in [0, 0.1) is 0 Å². The summed E-state index contributed by atoms with van der Waals surface area (Å²) >= 11 is 5.17. The lowest BCUT2D eigenvalue weighted by atomic mass is 10.1. The van der Waals surface area contributed by atoms with E-state index in [9.17, 15) is 24.3 Å². The molecule has 3 aromatic carbocycles. The van der Waals surface area contributed by atoms with Gasteiger partial charge in [0, 0.05) is 5.69 Å². The summed E-state index contributed by atoms with van der Waals surface area (Å²) in [6.07, 6.45) is 1.35. The van der Waals surface area contributed by atoms with Gasteiger partial charge in [0.25, 0.3) is 17.7 Å². The number of anilines is 2. The Morgan fingerprint density at radius 1 is 1.03 bits per heavy atom. The van der Waals surface area contributed by atoms with Crippen LogP contribution in [0.15, 0.2) is 78.4 Å². The van der Waals surface area contributed by atoms with Crippen LogP contribution in [-0.4, -0.2) is 47.6 Å². The number of nitrogens with one attached hydrogen (secondary N) is 2. The topological polar surface area (TPSA) is 134 Å². The molecule has 0 radical (unpaired) electrons. The molecule has 0 saturated carbocycles. The first-order valence-electron chi connectivity index (χ1n) is 11.2. The molecule has 0 bridgehead atoms. The molecule has 11 heteroatoms. The highest BCUT2D eigenvalue weighted by Crippen LogP contribution is 2.30. The van der Waals surface area contributed by atoms with E-state index in [0.717, 1.165) is 4.90 Å². The van der Waals surface area contributed by atoms with Crippen LogP contribution in [0.2, 0.25) is 0 Å². The Morgan fingerprint density at radius 3 is 2.50 bits per heavy atom. The SMILES string of the molecule is COc1cc(C=C2C(=O)NC(=S)N(c3cccc(C(=O)O)c3)C2=O)ccc1OCC(=O)Nc1ccccc1. The van der Waals surface area contributed by atoms with Gasteiger partial charge in [0.2, 0.25) is 0 Å². The van der Waals surface area contributed by atoms with Gasteiger partial charge in [-0.3, -0.25) is 24.6 Å². The van der Waals surface area contributed by atoms with Gasteiger partial charge in [-0.05, 0) is 66.3 Å². The first-order chi connectivity index (χ1) is 18.3. The van der Waals surface area contributed by atoms with Crippen LogP contribution < -0.4 is 25.0 Å². The minimum absolute atomic E-state index is 0.0432. The van der Waals surface area contributed by atoms with Gasteiger partial charge < -0.3 is 19.9 Å². The van der Waals surface area contributed by atoms with E-state index < -0.39 is 17.8 Å². The Labute approximate surface area is 222 Å². The van der Waals surface area contributed by atoms with E-state index in [-0.39, 0.29) is 45.9 Å². The summed E-state index contributed by atoms with van der Waals surface area (Å²) in [5.74, 6) is -2.41. The molecule has 38 heavy (non-hydrogen) atoms. The number of carbonyl (C=O) groups excluding carboxylic acids is 3. The third-order valence-electron chi connectivity index (χ3n) is 5.37. The minimum Gasteiger partial charge on any atom is -0.493 e. The fourth-order valence-electron chi connectivity index (χ4n) is 3.59. The summed E-state index contributed by atoms with van der Waals surface area (Å²) in [6.45, 7) is -0.269. The fraction of sp³-hybridized carbons (Fsp3) is 0.0741. The number of methoxy groups -OCH3 is 1. The van der Waals surface area contributed by atoms with Crippen molar-refractivity contribution in [1.82, 2.24) is 5.32 Å². The predicted molar refractivity (Wildman–Crippen MR) is 143 cm³/mol. The van der Waals surface area contributed by atoms with E-state index in [1.54, 1.807) is 42.5 Å². The quantitative estimate of drug-likeness (QED) is 0.229. The Hall–Kier alpha value is -5.03. The van der Waals surface area contributed by atoms with Crippen LogP contribution in [0.5, 0.6) is 11.5 Å². The maximum Gasteiger partial charge on any atom is 0.335 e. The molecular formula is C27H21N3O7S. The normalized spacial score (nSPS) is 14.2. The first-order valence-corrected chi connectivity index (χ1v) is 11.6. The second-order valence-corrected chi connectivity index (χ2v) is 8.31. The lowest BCUT2D eigenvalue weighted by molar-refractivity contribution is -0.122. The van der Waals surface area contributed by atoms with Gasteiger partial charge in [0.1, 0.15) is 5.57 Å². The summed E-state index contributed by atoms with van der Waals surface area (Å²) in [5, 5.41) is 14.3. The Bertz CT molecular complexity index is 1470. The Kier molecular flexibility index (Phi) is 7.78. The number of hydrogen-bond donors (Lipinski definition) is 3. The van der Waals surface area contributed by atoms with Gasteiger partial charge in [0.05, 0.1) is 18.4 Å². The molecule has 1 saturated heterocycles. The summed E-state index contributed by atoms with van der Waals surface area (Å²) in [4.78, 5) is 50.5. The fourth-order valence-corrected chi connectivity index (χ4v) is 3.87. The molecule has 0 aliphatic carbocycles. The molecule has 1 aliphatic heterocycles. The lowest BCUT2D eigenvalue weighted by Gasteiger charge is -2.29. The second-order valence-electron chi connectivity index (χ2n) is 7.93. The standard InChI is InChI=1S/C27H21N3O7S/c1-36-22-13-16(10-11-21(22)37-15-23(31)28-18-7-3-2-4-8-18)12-20-24(32)29-27(38)30(25(20)33)19-9-5-6-17(14-19)26(34)35/h2-14H,15H2,1H3,(H,28,31)(H,34,35)(H,29,32,38). The van der Waals surface area contributed by atoms with Gasteiger partial charge in [-0.15, -0.1) is 0 Å². The summed E-state index contributed by atoms with van der Waals surface area (Å²) in [5.41, 5.74) is 0.999. The third-order valence-corrected chi connectivity index (χ3v) is 5.65. The molecule has 0 spiro atoms. The first kappa shape index (κ1) is 26.0. The maximum atomic E-state index is 13.2. The molecule has 3 amide bonds. The molecular weight excluding hydrogens is 510 g/mol. The van der Waals surface area contributed by atoms with Crippen molar-refractivity contribution in [2.45, 2.75) is 0 Å².